The highest BCUT2D eigenvalue weighted by atomic mass is 35.5. The number of nitrogens with one attached hydrogen (secondary N) is 1. The molecule has 9 heteroatoms. The highest BCUT2D eigenvalue weighted by Gasteiger charge is 2.41. The minimum Gasteiger partial charge on any atom is -0.480 e. The van der Waals surface area contributed by atoms with E-state index in [1.54, 1.807) is 0 Å². The van der Waals surface area contributed by atoms with Gasteiger partial charge in [0.2, 0.25) is 0 Å². The van der Waals surface area contributed by atoms with Crippen molar-refractivity contribution >= 4 is 26.0 Å². The van der Waals surface area contributed by atoms with Crippen LogP contribution >= 0.6 is 20.0 Å². The summed E-state index contributed by atoms with van der Waals surface area (Å²) < 4.78 is 11.0. The lowest BCUT2D eigenvalue weighted by molar-refractivity contribution is -0.143. The van der Waals surface area contributed by atoms with E-state index in [4.69, 9.17) is 14.9 Å². The summed E-state index contributed by atoms with van der Waals surface area (Å²) in [6.07, 6.45) is 3.08. The average Bonchev–Trinajstić information content (AvgIpc) is 2.25. The van der Waals surface area contributed by atoms with Crippen LogP contribution in [0.5, 0.6) is 0 Å². The average molecular weight is 332 g/mol. The molecule has 7 nitrogen and oxygen atoms in total. The van der Waals surface area contributed by atoms with Gasteiger partial charge in [-0.15, -0.1) is 12.4 Å². The number of aliphatic carboxylic acids is 1. The Morgan fingerprint density at radius 3 is 2.45 bits per heavy atom. The molecule has 20 heavy (non-hydrogen) atoms. The first-order valence-electron chi connectivity index (χ1n) is 6.37. The lowest BCUT2D eigenvalue weighted by Gasteiger charge is -2.42. The first-order valence-corrected chi connectivity index (χ1v) is 8.17. The molecule has 0 aromatic carbocycles. The van der Waals surface area contributed by atoms with Crippen LogP contribution in [-0.2, 0) is 9.36 Å². The molecule has 1 saturated heterocycles. The van der Waals surface area contributed by atoms with Gasteiger partial charge in [0.25, 0.3) is 0 Å². The number of carboxylic acid groups (broad SMARTS) is 1. The van der Waals surface area contributed by atoms with Gasteiger partial charge in [-0.3, -0.25) is 9.36 Å². The van der Waals surface area contributed by atoms with Crippen LogP contribution < -0.4 is 5.32 Å². The zero-order valence-corrected chi connectivity index (χ0v) is 12.8. The van der Waals surface area contributed by atoms with Crippen LogP contribution in [0, 0.1) is 17.8 Å². The first kappa shape index (κ1) is 19.8. The summed E-state index contributed by atoms with van der Waals surface area (Å²) in [5.41, 5.74) is 0. The molecule has 1 aliphatic heterocycles. The molecule has 0 radical (unpaired) electrons. The molecule has 2 rings (SSSR count). The monoisotopic (exact) mass is 331 g/mol. The van der Waals surface area contributed by atoms with Crippen LogP contribution in [0.25, 0.3) is 0 Å². The van der Waals surface area contributed by atoms with Crippen LogP contribution in [-0.4, -0.2) is 45.1 Å². The van der Waals surface area contributed by atoms with E-state index in [0.29, 0.717) is 6.54 Å². The molecular weight excluding hydrogens is 309 g/mol. The fourth-order valence-electron chi connectivity index (χ4n) is 3.50. The normalized spacial score (nSPS) is 33.3. The van der Waals surface area contributed by atoms with Crippen LogP contribution in [0.4, 0.5) is 0 Å². The smallest absolute Gasteiger partial charge is 0.325 e. The summed E-state index contributed by atoms with van der Waals surface area (Å²) >= 11 is 0. The van der Waals surface area contributed by atoms with Gasteiger partial charge < -0.3 is 25.7 Å². The molecule has 4 atom stereocenters. The van der Waals surface area contributed by atoms with Crippen molar-refractivity contribution in [3.05, 3.63) is 0 Å². The number of hydrogen-bond acceptors (Lipinski definition) is 3. The van der Waals surface area contributed by atoms with Crippen LogP contribution in [0.3, 0.4) is 0 Å². The lowest BCUT2D eigenvalue weighted by atomic mass is 9.68. The van der Waals surface area contributed by atoms with Crippen molar-refractivity contribution in [2.24, 2.45) is 17.8 Å². The zero-order chi connectivity index (χ0) is 13.3. The van der Waals surface area contributed by atoms with Crippen molar-refractivity contribution in [2.75, 3.05) is 12.7 Å². The number of halogens is 1. The minimum atomic E-state index is -3.95. The van der Waals surface area contributed by atoms with Crippen LogP contribution in [0.1, 0.15) is 25.7 Å². The number of rotatable bonds is 3. The number of piperidine rings is 1. The number of carbonyl (C=O) groups is 1. The Morgan fingerprint density at radius 2 is 1.90 bits per heavy atom. The topological polar surface area (TPSA) is 138 Å². The quantitative estimate of drug-likeness (QED) is 0.546. The second-order valence-electron chi connectivity index (χ2n) is 5.51. The molecule has 2 aliphatic rings. The van der Waals surface area contributed by atoms with Gasteiger partial charge in [0, 0.05) is 0 Å². The molecule has 6 N–H and O–H groups in total. The Labute approximate surface area is 124 Å². The van der Waals surface area contributed by atoms with Crippen molar-refractivity contribution in [1.29, 1.82) is 0 Å². The largest absolute Gasteiger partial charge is 0.480 e. The van der Waals surface area contributed by atoms with E-state index in [1.165, 1.54) is 0 Å². The highest BCUT2D eigenvalue weighted by molar-refractivity contribution is 7.51. The summed E-state index contributed by atoms with van der Waals surface area (Å²) in [5, 5.41) is 12.2. The van der Waals surface area contributed by atoms with E-state index in [9.17, 15) is 9.36 Å². The van der Waals surface area contributed by atoms with Crippen molar-refractivity contribution < 1.29 is 29.7 Å². The third kappa shape index (κ3) is 4.98. The van der Waals surface area contributed by atoms with Gasteiger partial charge in [0.05, 0.1) is 6.16 Å². The molecule has 4 unspecified atom stereocenters. The second-order valence-corrected chi connectivity index (χ2v) is 7.20. The predicted octanol–water partition coefficient (Wildman–Crippen LogP) is 0.240. The van der Waals surface area contributed by atoms with Gasteiger partial charge in [0.15, 0.2) is 0 Å². The Kier molecular flexibility index (Phi) is 7.66. The van der Waals surface area contributed by atoms with Gasteiger partial charge in [-0.05, 0) is 50.0 Å². The maximum atomic E-state index is 11.1. The second kappa shape index (κ2) is 7.73. The number of carboxylic acids is 1. The third-order valence-electron chi connectivity index (χ3n) is 4.22. The van der Waals surface area contributed by atoms with Crippen LogP contribution in [0.2, 0.25) is 0 Å². The van der Waals surface area contributed by atoms with Crippen molar-refractivity contribution in [3.63, 3.8) is 0 Å². The Morgan fingerprint density at radius 1 is 1.25 bits per heavy atom. The molecule has 0 aromatic heterocycles. The highest BCUT2D eigenvalue weighted by Crippen LogP contribution is 2.46. The Bertz CT molecular complexity index is 376. The predicted molar refractivity (Wildman–Crippen MR) is 76.1 cm³/mol. The first-order chi connectivity index (χ1) is 8.37. The molecule has 1 aliphatic carbocycles. The lowest BCUT2D eigenvalue weighted by Crippen LogP contribution is -2.52. The maximum Gasteiger partial charge on any atom is 0.325 e. The Hall–Kier alpha value is -0.170. The minimum absolute atomic E-state index is 0. The van der Waals surface area contributed by atoms with Gasteiger partial charge in [-0.1, -0.05) is 0 Å². The van der Waals surface area contributed by atoms with Gasteiger partial charge >= 0.3 is 13.6 Å². The van der Waals surface area contributed by atoms with E-state index in [0.717, 1.165) is 25.7 Å². The standard InChI is InChI=1S/C11H20NO5P.ClH.H2O/c13-11(14)10-9-2-1-7(6-18(15,16)17)5-8(9)3-4-12-10;;/h7-10,12H,1-6H2,(H,13,14)(H2,15,16,17);1H;1H2. The molecule has 0 aromatic rings. The summed E-state index contributed by atoms with van der Waals surface area (Å²) in [5.74, 6) is -0.361. The molecule has 0 amide bonds. The van der Waals surface area contributed by atoms with E-state index >= 15 is 0 Å². The number of fused-ring (bicyclic) bond motifs is 1. The molecule has 0 bridgehead atoms. The molecule has 1 heterocycles. The van der Waals surface area contributed by atoms with E-state index in [2.05, 4.69) is 5.32 Å². The third-order valence-corrected chi connectivity index (χ3v) is 5.21. The molecule has 0 spiro atoms. The summed E-state index contributed by atoms with van der Waals surface area (Å²) in [7, 11) is -3.95. The Balaban J connectivity index is 0.00000180. The fraction of sp³-hybridized carbons (Fsp3) is 0.909. The number of hydrogen-bond donors (Lipinski definition) is 4. The summed E-state index contributed by atoms with van der Waals surface area (Å²) in [6, 6.07) is -0.486. The molecule has 120 valence electrons. The van der Waals surface area contributed by atoms with Gasteiger partial charge in [-0.2, -0.15) is 0 Å². The molecule has 2 fully saturated rings. The van der Waals surface area contributed by atoms with E-state index in [-0.39, 0.29) is 41.8 Å². The van der Waals surface area contributed by atoms with Crippen molar-refractivity contribution in [2.45, 2.75) is 31.7 Å². The fourth-order valence-corrected chi connectivity index (χ4v) is 4.51. The van der Waals surface area contributed by atoms with Gasteiger partial charge in [-0.25, -0.2) is 0 Å². The zero-order valence-electron chi connectivity index (χ0n) is 11.1. The van der Waals surface area contributed by atoms with Crippen LogP contribution in [0.15, 0.2) is 0 Å². The van der Waals surface area contributed by atoms with Gasteiger partial charge in [0.1, 0.15) is 6.04 Å². The van der Waals surface area contributed by atoms with Crippen molar-refractivity contribution in [3.8, 4) is 0 Å². The SMILES string of the molecule is Cl.O.O=C(O)C1NCCC2CC(CP(=O)(O)O)CCC21. The molecular formula is C11H23ClNO6P. The van der Waals surface area contributed by atoms with E-state index in [1.807, 2.05) is 0 Å². The van der Waals surface area contributed by atoms with E-state index < -0.39 is 19.6 Å². The summed E-state index contributed by atoms with van der Waals surface area (Å²) in [4.78, 5) is 29.2. The van der Waals surface area contributed by atoms with Crippen molar-refractivity contribution in [1.82, 2.24) is 5.32 Å². The molecule has 1 saturated carbocycles. The maximum absolute atomic E-state index is 11.1. The summed E-state index contributed by atoms with van der Waals surface area (Å²) in [6.45, 7) is 0.681.